The Morgan fingerprint density at radius 2 is 1.21 bits per heavy atom. The fourth-order valence-corrected chi connectivity index (χ4v) is 11.2. The first-order valence-corrected chi connectivity index (χ1v) is 13.5. The van der Waals surface area contributed by atoms with Crippen LogP contribution in [0.25, 0.3) is 33.1 Å². The van der Waals surface area contributed by atoms with Gasteiger partial charge in [0.1, 0.15) is 11.2 Å². The Balaban J connectivity index is 1.73. The molecule has 1 aliphatic rings. The predicted octanol–water partition coefficient (Wildman–Crippen LogP) is 5.25. The molecule has 2 heteroatoms. The monoisotopic (exact) mass is 438 g/mol. The highest BCUT2D eigenvalue weighted by Crippen LogP contribution is 2.36. The van der Waals surface area contributed by atoms with E-state index in [0.29, 0.717) is 0 Å². The third kappa shape index (κ3) is 2.41. The standard InChI is InChI=1S/C31H22OSi/c1-21-16-17-24-26-18-19-27-25-14-8-9-15-29(25)33(22-10-4-2-5-11-22,23-12-6-3-7-13-23)31(27)30(26)32-28(24)20-21/h2-20H,1H3. The summed E-state index contributed by atoms with van der Waals surface area (Å²) in [6.45, 7) is 2.12. The molecule has 0 bridgehead atoms. The van der Waals surface area contributed by atoms with Crippen LogP contribution in [0.5, 0.6) is 0 Å². The van der Waals surface area contributed by atoms with Crippen LogP contribution >= 0.6 is 0 Å². The van der Waals surface area contributed by atoms with E-state index in [4.69, 9.17) is 4.42 Å². The second-order valence-electron chi connectivity index (χ2n) is 8.99. The van der Waals surface area contributed by atoms with E-state index in [2.05, 4.69) is 122 Å². The number of furan rings is 1. The molecule has 0 spiro atoms. The number of rotatable bonds is 2. The highest BCUT2D eigenvalue weighted by Gasteiger charge is 2.50. The zero-order chi connectivity index (χ0) is 22.0. The number of aryl methyl sites for hydroxylation is 1. The molecule has 0 fully saturated rings. The summed E-state index contributed by atoms with van der Waals surface area (Å²) in [4.78, 5) is 0. The van der Waals surface area contributed by atoms with Gasteiger partial charge in [0, 0.05) is 16.0 Å². The molecule has 0 radical (unpaired) electrons. The number of hydrogen-bond donors (Lipinski definition) is 0. The van der Waals surface area contributed by atoms with E-state index < -0.39 is 8.07 Å². The van der Waals surface area contributed by atoms with Gasteiger partial charge >= 0.3 is 0 Å². The predicted molar refractivity (Wildman–Crippen MR) is 141 cm³/mol. The molecule has 5 aromatic carbocycles. The topological polar surface area (TPSA) is 13.1 Å². The SMILES string of the molecule is Cc1ccc2c(c1)oc1c3c(ccc12)-c1ccccc1[Si]3(c1ccccc1)c1ccccc1. The summed E-state index contributed by atoms with van der Waals surface area (Å²) >= 11 is 0. The Morgan fingerprint density at radius 3 is 1.94 bits per heavy atom. The van der Waals surface area contributed by atoms with Crippen LogP contribution in [0.3, 0.4) is 0 Å². The van der Waals surface area contributed by atoms with Crippen molar-refractivity contribution >= 4 is 50.8 Å². The van der Waals surface area contributed by atoms with E-state index in [0.717, 1.165) is 11.2 Å². The van der Waals surface area contributed by atoms with Gasteiger partial charge in [0.25, 0.3) is 0 Å². The molecule has 0 N–H and O–H groups in total. The normalized spacial score (nSPS) is 13.8. The van der Waals surface area contributed by atoms with Crippen molar-refractivity contribution in [3.8, 4) is 11.1 Å². The maximum absolute atomic E-state index is 6.74. The van der Waals surface area contributed by atoms with Crippen molar-refractivity contribution in [3.05, 3.63) is 121 Å². The van der Waals surface area contributed by atoms with Crippen molar-refractivity contribution in [2.45, 2.75) is 6.92 Å². The zero-order valence-corrected chi connectivity index (χ0v) is 19.4. The maximum atomic E-state index is 6.74. The van der Waals surface area contributed by atoms with Crippen molar-refractivity contribution in [3.63, 3.8) is 0 Å². The molecule has 0 saturated heterocycles. The van der Waals surface area contributed by atoms with Gasteiger partial charge in [0.05, 0.1) is 0 Å². The van der Waals surface area contributed by atoms with E-state index in [-0.39, 0.29) is 0 Å². The lowest BCUT2D eigenvalue weighted by molar-refractivity contribution is 0.671. The molecule has 7 rings (SSSR count). The second kappa shape index (κ2) is 6.81. The fraction of sp³-hybridized carbons (Fsp3) is 0.0323. The molecule has 33 heavy (non-hydrogen) atoms. The highest BCUT2D eigenvalue weighted by atomic mass is 28.3. The van der Waals surface area contributed by atoms with Gasteiger partial charge in [-0.1, -0.05) is 103 Å². The third-order valence-electron chi connectivity index (χ3n) is 7.21. The Bertz CT molecular complexity index is 1620. The molecule has 0 atom stereocenters. The summed E-state index contributed by atoms with van der Waals surface area (Å²) in [6, 6.07) is 42.3. The van der Waals surface area contributed by atoms with Crippen LogP contribution < -0.4 is 20.7 Å². The van der Waals surface area contributed by atoms with Crippen molar-refractivity contribution < 1.29 is 4.42 Å². The summed E-state index contributed by atoms with van der Waals surface area (Å²) in [5.74, 6) is 0. The van der Waals surface area contributed by atoms with Crippen LogP contribution in [0.1, 0.15) is 5.56 Å². The van der Waals surface area contributed by atoms with Crippen LogP contribution in [0.15, 0.2) is 120 Å². The van der Waals surface area contributed by atoms with E-state index in [1.165, 1.54) is 48.2 Å². The number of benzene rings is 5. The van der Waals surface area contributed by atoms with Crippen LogP contribution in [-0.2, 0) is 0 Å². The molecular formula is C31H22OSi. The van der Waals surface area contributed by atoms with E-state index in [9.17, 15) is 0 Å². The molecule has 0 saturated carbocycles. The third-order valence-corrected chi connectivity index (χ3v) is 12.1. The highest BCUT2D eigenvalue weighted by molar-refractivity contribution is 7.23. The van der Waals surface area contributed by atoms with Crippen LogP contribution in [0, 0.1) is 6.92 Å². The Kier molecular flexibility index (Phi) is 3.85. The largest absolute Gasteiger partial charge is 0.456 e. The Labute approximate surface area is 194 Å². The summed E-state index contributed by atoms with van der Waals surface area (Å²) in [5.41, 5.74) is 5.89. The minimum absolute atomic E-state index is 0.971. The van der Waals surface area contributed by atoms with Crippen molar-refractivity contribution in [1.29, 1.82) is 0 Å². The van der Waals surface area contributed by atoms with Gasteiger partial charge in [0.2, 0.25) is 0 Å². The summed E-state index contributed by atoms with van der Waals surface area (Å²) < 4.78 is 6.74. The Morgan fingerprint density at radius 1 is 0.576 bits per heavy atom. The molecule has 0 unspecified atom stereocenters. The lowest BCUT2D eigenvalue weighted by Gasteiger charge is -2.31. The molecule has 1 aliphatic heterocycles. The maximum Gasteiger partial charge on any atom is 0.185 e. The van der Waals surface area contributed by atoms with Crippen molar-refractivity contribution in [1.82, 2.24) is 0 Å². The molecule has 0 aliphatic carbocycles. The van der Waals surface area contributed by atoms with Gasteiger partial charge in [-0.3, -0.25) is 0 Å². The summed E-state index contributed by atoms with van der Waals surface area (Å²) in [6.07, 6.45) is 0. The molecular weight excluding hydrogens is 416 g/mol. The molecule has 6 aromatic rings. The van der Waals surface area contributed by atoms with E-state index in [1.54, 1.807) is 0 Å². The minimum Gasteiger partial charge on any atom is -0.456 e. The molecule has 1 nitrogen and oxygen atoms in total. The van der Waals surface area contributed by atoms with Gasteiger partial charge in [-0.15, -0.1) is 0 Å². The molecule has 1 aromatic heterocycles. The van der Waals surface area contributed by atoms with Gasteiger partial charge < -0.3 is 4.42 Å². The molecule has 156 valence electrons. The first-order chi connectivity index (χ1) is 16.3. The first kappa shape index (κ1) is 18.7. The smallest absolute Gasteiger partial charge is 0.185 e. The zero-order valence-electron chi connectivity index (χ0n) is 18.4. The average Bonchev–Trinajstić information content (AvgIpc) is 3.38. The summed E-state index contributed by atoms with van der Waals surface area (Å²) in [5, 5.41) is 8.02. The first-order valence-electron chi connectivity index (χ1n) is 11.5. The second-order valence-corrected chi connectivity index (χ2v) is 12.7. The van der Waals surface area contributed by atoms with Crippen LogP contribution in [0.4, 0.5) is 0 Å². The minimum atomic E-state index is -2.56. The molecule has 2 heterocycles. The quantitative estimate of drug-likeness (QED) is 0.336. The van der Waals surface area contributed by atoms with Gasteiger partial charge in [0.15, 0.2) is 8.07 Å². The lowest BCUT2D eigenvalue weighted by Crippen LogP contribution is -2.72. The number of hydrogen-bond acceptors (Lipinski definition) is 1. The molecule has 0 amide bonds. The lowest BCUT2D eigenvalue weighted by atomic mass is 10.0. The van der Waals surface area contributed by atoms with Gasteiger partial charge in [-0.25, -0.2) is 0 Å². The van der Waals surface area contributed by atoms with Gasteiger partial charge in [-0.05, 0) is 51.3 Å². The van der Waals surface area contributed by atoms with Crippen molar-refractivity contribution in [2.24, 2.45) is 0 Å². The summed E-state index contributed by atoms with van der Waals surface area (Å²) in [7, 11) is -2.56. The van der Waals surface area contributed by atoms with E-state index in [1.807, 2.05) is 0 Å². The van der Waals surface area contributed by atoms with E-state index >= 15 is 0 Å². The van der Waals surface area contributed by atoms with Crippen LogP contribution in [-0.4, -0.2) is 8.07 Å². The van der Waals surface area contributed by atoms with Crippen LogP contribution in [0.2, 0.25) is 0 Å². The average molecular weight is 439 g/mol. The number of fused-ring (bicyclic) bond motifs is 7. The van der Waals surface area contributed by atoms with Crippen molar-refractivity contribution in [2.75, 3.05) is 0 Å². The van der Waals surface area contributed by atoms with Gasteiger partial charge in [-0.2, -0.15) is 0 Å². The Hall–Kier alpha value is -3.88. The fourth-order valence-electron chi connectivity index (χ4n) is 5.87.